The van der Waals surface area contributed by atoms with E-state index < -0.39 is 17.9 Å². The van der Waals surface area contributed by atoms with Crippen LogP contribution in [0.15, 0.2) is 18.5 Å². The number of amides is 1. The molecule has 0 aromatic carbocycles. The van der Waals surface area contributed by atoms with Gasteiger partial charge in [-0.15, -0.1) is 0 Å². The third kappa shape index (κ3) is 3.86. The topological polar surface area (TPSA) is 79.3 Å². The van der Waals surface area contributed by atoms with Crippen molar-refractivity contribution in [2.24, 2.45) is 0 Å². The highest BCUT2D eigenvalue weighted by Crippen LogP contribution is 2.03. The first-order valence-corrected chi connectivity index (χ1v) is 5.50. The van der Waals surface area contributed by atoms with Gasteiger partial charge in [0.25, 0.3) is 5.91 Å². The minimum atomic E-state index is -1.01. The molecule has 0 spiro atoms. The molecule has 0 saturated heterocycles. The van der Waals surface area contributed by atoms with Gasteiger partial charge in [-0.25, -0.2) is 4.79 Å². The zero-order valence-electron chi connectivity index (χ0n) is 9.93. The molecule has 17 heavy (non-hydrogen) atoms. The lowest BCUT2D eigenvalue weighted by atomic mass is 10.1. The third-order valence-corrected chi connectivity index (χ3v) is 2.32. The van der Waals surface area contributed by atoms with Crippen molar-refractivity contribution < 1.29 is 14.7 Å². The maximum atomic E-state index is 11.8. The second kappa shape index (κ2) is 5.98. The molecule has 0 radical (unpaired) electrons. The number of carbonyl (C=O) groups is 2. The van der Waals surface area contributed by atoms with E-state index in [-0.39, 0.29) is 0 Å². The normalized spacial score (nSPS) is 11.9. The van der Waals surface area contributed by atoms with Crippen LogP contribution in [0.2, 0.25) is 0 Å². The summed E-state index contributed by atoms with van der Waals surface area (Å²) in [6.07, 6.45) is 4.17. The van der Waals surface area contributed by atoms with Crippen molar-refractivity contribution in [1.29, 1.82) is 0 Å². The van der Waals surface area contributed by atoms with E-state index in [1.54, 1.807) is 12.3 Å². The van der Waals surface area contributed by atoms with Crippen LogP contribution in [0.25, 0.3) is 0 Å². The van der Waals surface area contributed by atoms with Crippen LogP contribution in [0.5, 0.6) is 0 Å². The summed E-state index contributed by atoms with van der Waals surface area (Å²) >= 11 is 0. The van der Waals surface area contributed by atoms with Gasteiger partial charge < -0.3 is 10.4 Å². The van der Waals surface area contributed by atoms with Crippen LogP contribution in [0.4, 0.5) is 0 Å². The molecule has 1 amide bonds. The van der Waals surface area contributed by atoms with Crippen LogP contribution in [-0.4, -0.2) is 28.0 Å². The molecule has 0 bridgehead atoms. The van der Waals surface area contributed by atoms with Gasteiger partial charge in [-0.1, -0.05) is 13.3 Å². The molecule has 1 unspecified atom stereocenters. The highest BCUT2D eigenvalue weighted by molar-refractivity contribution is 5.96. The predicted octanol–water partition coefficient (Wildman–Crippen LogP) is 1.37. The van der Waals surface area contributed by atoms with Gasteiger partial charge in [0.1, 0.15) is 6.04 Å². The molecule has 0 aliphatic rings. The first-order chi connectivity index (χ1) is 8.04. The van der Waals surface area contributed by atoms with Gasteiger partial charge in [-0.3, -0.25) is 9.78 Å². The van der Waals surface area contributed by atoms with E-state index in [0.29, 0.717) is 18.4 Å². The number of nitrogens with zero attached hydrogens (tertiary/aromatic N) is 1. The van der Waals surface area contributed by atoms with Gasteiger partial charge in [0, 0.05) is 12.4 Å². The van der Waals surface area contributed by atoms with Gasteiger partial charge in [-0.05, 0) is 25.0 Å². The highest BCUT2D eigenvalue weighted by Gasteiger charge is 2.19. The summed E-state index contributed by atoms with van der Waals surface area (Å²) in [4.78, 5) is 26.6. The molecule has 1 aromatic heterocycles. The summed E-state index contributed by atoms with van der Waals surface area (Å²) in [5.74, 6) is -1.41. The first kappa shape index (κ1) is 13.2. The largest absolute Gasteiger partial charge is 0.480 e. The minimum absolute atomic E-state index is 0.382. The molecule has 0 aliphatic carbocycles. The monoisotopic (exact) mass is 236 g/mol. The zero-order valence-corrected chi connectivity index (χ0v) is 9.93. The van der Waals surface area contributed by atoms with Crippen molar-refractivity contribution in [2.45, 2.75) is 32.7 Å². The maximum Gasteiger partial charge on any atom is 0.326 e. The predicted molar refractivity (Wildman–Crippen MR) is 62.8 cm³/mol. The van der Waals surface area contributed by atoms with Crippen molar-refractivity contribution in [2.75, 3.05) is 0 Å². The van der Waals surface area contributed by atoms with Crippen LogP contribution in [-0.2, 0) is 4.79 Å². The van der Waals surface area contributed by atoms with Crippen molar-refractivity contribution in [3.05, 3.63) is 29.6 Å². The summed E-state index contributed by atoms with van der Waals surface area (Å²) in [6.45, 7) is 3.70. The van der Waals surface area contributed by atoms with Crippen molar-refractivity contribution >= 4 is 11.9 Å². The zero-order chi connectivity index (χ0) is 12.8. The number of aryl methyl sites for hydroxylation is 1. The molecule has 5 heteroatoms. The van der Waals surface area contributed by atoms with E-state index in [0.717, 1.165) is 5.56 Å². The smallest absolute Gasteiger partial charge is 0.326 e. The fourth-order valence-electron chi connectivity index (χ4n) is 1.47. The lowest BCUT2D eigenvalue weighted by Crippen LogP contribution is -2.40. The third-order valence-electron chi connectivity index (χ3n) is 2.32. The van der Waals surface area contributed by atoms with Crippen molar-refractivity contribution in [1.82, 2.24) is 10.3 Å². The fraction of sp³-hybridized carbons (Fsp3) is 0.417. The molecule has 92 valence electrons. The molecule has 1 aromatic rings. The second-order valence-corrected chi connectivity index (χ2v) is 3.90. The highest BCUT2D eigenvalue weighted by atomic mass is 16.4. The number of nitrogens with one attached hydrogen (secondary N) is 1. The van der Waals surface area contributed by atoms with Gasteiger partial charge in [-0.2, -0.15) is 0 Å². The molecule has 0 aliphatic heterocycles. The Kier molecular flexibility index (Phi) is 4.63. The Bertz CT molecular complexity index is 418. The minimum Gasteiger partial charge on any atom is -0.480 e. The van der Waals surface area contributed by atoms with Gasteiger partial charge in [0.05, 0.1) is 5.56 Å². The molecule has 1 atom stereocenters. The Labute approximate surface area is 99.9 Å². The van der Waals surface area contributed by atoms with E-state index in [4.69, 9.17) is 5.11 Å². The number of aromatic nitrogens is 1. The summed E-state index contributed by atoms with van der Waals surface area (Å²) in [5.41, 5.74) is 1.24. The number of rotatable bonds is 5. The number of pyridine rings is 1. The Morgan fingerprint density at radius 2 is 2.18 bits per heavy atom. The number of hydrogen-bond acceptors (Lipinski definition) is 3. The quantitative estimate of drug-likeness (QED) is 0.809. The fourth-order valence-corrected chi connectivity index (χ4v) is 1.47. The summed E-state index contributed by atoms with van der Waals surface area (Å²) in [5, 5.41) is 11.4. The number of aliphatic carboxylic acids is 1. The summed E-state index contributed by atoms with van der Waals surface area (Å²) in [6, 6.07) is 0.834. The Morgan fingerprint density at radius 1 is 1.47 bits per heavy atom. The average Bonchev–Trinajstić information content (AvgIpc) is 2.28. The molecule has 0 fully saturated rings. The molecule has 5 nitrogen and oxygen atoms in total. The lowest BCUT2D eigenvalue weighted by molar-refractivity contribution is -0.139. The van der Waals surface area contributed by atoms with Crippen molar-refractivity contribution in [3.63, 3.8) is 0 Å². The number of carboxylic acid groups (broad SMARTS) is 1. The molecule has 0 saturated carbocycles. The average molecular weight is 236 g/mol. The molecular weight excluding hydrogens is 220 g/mol. The number of hydrogen-bond donors (Lipinski definition) is 2. The Morgan fingerprint density at radius 3 is 2.71 bits per heavy atom. The van der Waals surface area contributed by atoms with E-state index in [9.17, 15) is 9.59 Å². The van der Waals surface area contributed by atoms with Crippen LogP contribution in [0, 0.1) is 6.92 Å². The molecule has 1 heterocycles. The standard InChI is InChI=1S/C12H16N2O3/c1-3-4-10(12(16)17)14-11(15)9-5-8(2)6-13-7-9/h5-7,10H,3-4H2,1-2H3,(H,14,15)(H,16,17). The number of carboxylic acids is 1. The van der Waals surface area contributed by atoms with E-state index in [1.807, 2.05) is 13.8 Å². The molecule has 1 rings (SSSR count). The van der Waals surface area contributed by atoms with E-state index in [2.05, 4.69) is 10.3 Å². The maximum absolute atomic E-state index is 11.8. The van der Waals surface area contributed by atoms with Crippen LogP contribution >= 0.6 is 0 Å². The summed E-state index contributed by atoms with van der Waals surface area (Å²) in [7, 11) is 0. The Hall–Kier alpha value is -1.91. The first-order valence-electron chi connectivity index (χ1n) is 5.50. The van der Waals surface area contributed by atoms with Gasteiger partial charge in [0.15, 0.2) is 0 Å². The van der Waals surface area contributed by atoms with E-state index >= 15 is 0 Å². The lowest BCUT2D eigenvalue weighted by Gasteiger charge is -2.13. The molecular formula is C12H16N2O3. The second-order valence-electron chi connectivity index (χ2n) is 3.90. The Balaban J connectivity index is 2.73. The number of carbonyl (C=O) groups excluding carboxylic acids is 1. The summed E-state index contributed by atoms with van der Waals surface area (Å²) < 4.78 is 0. The van der Waals surface area contributed by atoms with Gasteiger partial charge >= 0.3 is 5.97 Å². The van der Waals surface area contributed by atoms with Gasteiger partial charge in [0.2, 0.25) is 0 Å². The van der Waals surface area contributed by atoms with Crippen molar-refractivity contribution in [3.8, 4) is 0 Å². The van der Waals surface area contributed by atoms with Crippen LogP contribution in [0.1, 0.15) is 35.7 Å². The molecule has 2 N–H and O–H groups in total. The van der Waals surface area contributed by atoms with E-state index in [1.165, 1.54) is 6.20 Å². The van der Waals surface area contributed by atoms with Crippen LogP contribution in [0.3, 0.4) is 0 Å². The van der Waals surface area contributed by atoms with Crippen LogP contribution < -0.4 is 5.32 Å². The SMILES string of the molecule is CCCC(NC(=O)c1cncc(C)c1)C(=O)O.